The van der Waals surface area contributed by atoms with Crippen LogP contribution in [0.1, 0.15) is 38.5 Å². The number of amides is 4. The van der Waals surface area contributed by atoms with E-state index in [1.54, 1.807) is 0 Å². The predicted molar refractivity (Wildman–Crippen MR) is 56.4 cm³/mol. The SMILES string of the molecule is O=C1CC(=O)N(CCC2CCCC2)C(=O)N1. The molecule has 0 atom stereocenters. The molecule has 1 N–H and O–H groups in total. The van der Waals surface area contributed by atoms with Crippen molar-refractivity contribution in [3.63, 3.8) is 0 Å². The normalized spacial score (nSPS) is 22.8. The molecule has 0 spiro atoms. The molecule has 5 nitrogen and oxygen atoms in total. The maximum absolute atomic E-state index is 11.5. The molecule has 0 radical (unpaired) electrons. The molecule has 2 rings (SSSR count). The minimum absolute atomic E-state index is 0.198. The van der Waals surface area contributed by atoms with Crippen LogP contribution in [0.3, 0.4) is 0 Å². The van der Waals surface area contributed by atoms with Gasteiger partial charge >= 0.3 is 6.03 Å². The van der Waals surface area contributed by atoms with Crippen LogP contribution in [0.4, 0.5) is 4.79 Å². The summed E-state index contributed by atoms with van der Waals surface area (Å²) in [5.41, 5.74) is 0. The highest BCUT2D eigenvalue weighted by atomic mass is 16.2. The van der Waals surface area contributed by atoms with Crippen LogP contribution >= 0.6 is 0 Å². The van der Waals surface area contributed by atoms with Crippen LogP contribution in [0.25, 0.3) is 0 Å². The lowest BCUT2D eigenvalue weighted by Crippen LogP contribution is -2.53. The number of rotatable bonds is 3. The average molecular weight is 224 g/mol. The van der Waals surface area contributed by atoms with E-state index in [4.69, 9.17) is 0 Å². The monoisotopic (exact) mass is 224 g/mol. The number of urea groups is 1. The molecule has 2 fully saturated rings. The van der Waals surface area contributed by atoms with Gasteiger partial charge in [0.05, 0.1) is 0 Å². The van der Waals surface area contributed by atoms with Gasteiger partial charge in [0.1, 0.15) is 6.42 Å². The maximum Gasteiger partial charge on any atom is 0.330 e. The predicted octanol–water partition coefficient (Wildman–Crippen LogP) is 1.04. The molecule has 16 heavy (non-hydrogen) atoms. The number of carbonyl (C=O) groups excluding carboxylic acids is 3. The van der Waals surface area contributed by atoms with E-state index in [-0.39, 0.29) is 12.3 Å². The lowest BCUT2D eigenvalue weighted by molar-refractivity contribution is -0.136. The summed E-state index contributed by atoms with van der Waals surface area (Å²) in [6, 6.07) is -0.556. The summed E-state index contributed by atoms with van der Waals surface area (Å²) >= 11 is 0. The van der Waals surface area contributed by atoms with Crippen LogP contribution in [0.2, 0.25) is 0 Å². The molecule has 0 unspecified atom stereocenters. The number of nitrogens with zero attached hydrogens (tertiary/aromatic N) is 1. The summed E-state index contributed by atoms with van der Waals surface area (Å²) in [6.07, 6.45) is 5.57. The van der Waals surface area contributed by atoms with E-state index < -0.39 is 11.9 Å². The van der Waals surface area contributed by atoms with E-state index >= 15 is 0 Å². The summed E-state index contributed by atoms with van der Waals surface area (Å²) in [6.45, 7) is 0.447. The molecular weight excluding hydrogens is 208 g/mol. The van der Waals surface area contributed by atoms with Gasteiger partial charge in [0.2, 0.25) is 11.8 Å². The van der Waals surface area contributed by atoms with E-state index in [0.29, 0.717) is 12.5 Å². The standard InChI is InChI=1S/C11H16N2O3/c14-9-7-10(15)13(11(16)12-9)6-5-8-3-1-2-4-8/h8H,1-7H2,(H,12,14,16). The Morgan fingerprint density at radius 2 is 1.88 bits per heavy atom. The lowest BCUT2D eigenvalue weighted by Gasteiger charge is -2.25. The molecule has 5 heteroatoms. The second-order valence-electron chi connectivity index (χ2n) is 4.51. The average Bonchev–Trinajstić information content (AvgIpc) is 2.68. The molecule has 0 bridgehead atoms. The summed E-state index contributed by atoms with van der Waals surface area (Å²) in [4.78, 5) is 34.9. The van der Waals surface area contributed by atoms with E-state index in [1.165, 1.54) is 30.6 Å². The van der Waals surface area contributed by atoms with Crippen molar-refractivity contribution in [2.75, 3.05) is 6.54 Å². The van der Waals surface area contributed by atoms with Gasteiger partial charge in [-0.3, -0.25) is 19.8 Å². The second-order valence-corrected chi connectivity index (χ2v) is 4.51. The minimum Gasteiger partial charge on any atom is -0.277 e. The third-order valence-corrected chi connectivity index (χ3v) is 3.34. The highest BCUT2D eigenvalue weighted by Gasteiger charge is 2.31. The Morgan fingerprint density at radius 3 is 2.50 bits per heavy atom. The largest absolute Gasteiger partial charge is 0.330 e. The molecule has 1 saturated heterocycles. The number of hydrogen-bond acceptors (Lipinski definition) is 3. The molecular formula is C11H16N2O3. The fourth-order valence-corrected chi connectivity index (χ4v) is 2.41. The number of hydrogen-bond donors (Lipinski definition) is 1. The summed E-state index contributed by atoms with van der Waals surface area (Å²) in [5, 5.41) is 2.16. The minimum atomic E-state index is -0.556. The number of nitrogens with one attached hydrogen (secondary N) is 1. The van der Waals surface area contributed by atoms with Gasteiger partial charge in [0, 0.05) is 6.54 Å². The summed E-state index contributed by atoms with van der Waals surface area (Å²) in [7, 11) is 0. The molecule has 4 amide bonds. The van der Waals surface area contributed by atoms with Crippen molar-refractivity contribution in [3.05, 3.63) is 0 Å². The van der Waals surface area contributed by atoms with Crippen LogP contribution < -0.4 is 5.32 Å². The second kappa shape index (κ2) is 4.63. The Hall–Kier alpha value is -1.39. The Kier molecular flexibility index (Phi) is 3.22. The summed E-state index contributed by atoms with van der Waals surface area (Å²) < 4.78 is 0. The Bertz CT molecular complexity index is 301. The van der Waals surface area contributed by atoms with Gasteiger partial charge in [-0.2, -0.15) is 0 Å². The van der Waals surface area contributed by atoms with E-state index in [2.05, 4.69) is 5.32 Å². The molecule has 0 aromatic rings. The molecule has 2 aliphatic rings. The van der Waals surface area contributed by atoms with Gasteiger partial charge in [0.25, 0.3) is 0 Å². The van der Waals surface area contributed by atoms with Crippen LogP contribution in [-0.4, -0.2) is 29.3 Å². The van der Waals surface area contributed by atoms with E-state index in [0.717, 1.165) is 6.42 Å². The maximum atomic E-state index is 11.5. The first-order chi connectivity index (χ1) is 7.66. The van der Waals surface area contributed by atoms with Crippen molar-refractivity contribution in [3.8, 4) is 0 Å². The lowest BCUT2D eigenvalue weighted by atomic mass is 10.0. The van der Waals surface area contributed by atoms with Gasteiger partial charge in [-0.15, -0.1) is 0 Å². The fourth-order valence-electron chi connectivity index (χ4n) is 2.41. The van der Waals surface area contributed by atoms with Gasteiger partial charge < -0.3 is 0 Å². The van der Waals surface area contributed by atoms with Crippen LogP contribution in [0.5, 0.6) is 0 Å². The van der Waals surface area contributed by atoms with E-state index in [1.807, 2.05) is 0 Å². The van der Waals surface area contributed by atoms with Gasteiger partial charge in [-0.25, -0.2) is 4.79 Å². The highest BCUT2D eigenvalue weighted by molar-refractivity contribution is 6.14. The number of barbiturate groups is 1. The van der Waals surface area contributed by atoms with Crippen molar-refractivity contribution in [2.45, 2.75) is 38.5 Å². The quantitative estimate of drug-likeness (QED) is 0.728. The van der Waals surface area contributed by atoms with Crippen LogP contribution in [0.15, 0.2) is 0 Å². The van der Waals surface area contributed by atoms with Gasteiger partial charge in [-0.1, -0.05) is 25.7 Å². The first-order valence-corrected chi connectivity index (χ1v) is 5.81. The number of carbonyl (C=O) groups is 3. The first kappa shape index (κ1) is 11.1. The molecule has 1 aliphatic carbocycles. The van der Waals surface area contributed by atoms with Crippen molar-refractivity contribution in [1.29, 1.82) is 0 Å². The zero-order valence-electron chi connectivity index (χ0n) is 9.20. The molecule has 1 saturated carbocycles. The van der Waals surface area contributed by atoms with Crippen LogP contribution in [0, 0.1) is 5.92 Å². The zero-order valence-corrected chi connectivity index (χ0v) is 9.20. The molecule has 88 valence electrons. The zero-order chi connectivity index (χ0) is 11.5. The Balaban J connectivity index is 1.85. The summed E-state index contributed by atoms with van der Waals surface area (Å²) in [5.74, 6) is -0.225. The van der Waals surface area contributed by atoms with Crippen molar-refractivity contribution in [2.24, 2.45) is 5.92 Å². The third-order valence-electron chi connectivity index (χ3n) is 3.34. The number of imide groups is 2. The fraction of sp³-hybridized carbons (Fsp3) is 0.727. The van der Waals surface area contributed by atoms with Crippen molar-refractivity contribution < 1.29 is 14.4 Å². The van der Waals surface area contributed by atoms with Crippen molar-refractivity contribution in [1.82, 2.24) is 10.2 Å². The van der Waals surface area contributed by atoms with Crippen LogP contribution in [-0.2, 0) is 9.59 Å². The molecule has 0 aromatic heterocycles. The van der Waals surface area contributed by atoms with Gasteiger partial charge in [-0.05, 0) is 12.3 Å². The smallest absolute Gasteiger partial charge is 0.277 e. The molecule has 0 aromatic carbocycles. The van der Waals surface area contributed by atoms with E-state index in [9.17, 15) is 14.4 Å². The third kappa shape index (κ3) is 2.40. The Labute approximate surface area is 94.2 Å². The Morgan fingerprint density at radius 1 is 1.19 bits per heavy atom. The van der Waals surface area contributed by atoms with Crippen molar-refractivity contribution >= 4 is 17.8 Å². The van der Waals surface area contributed by atoms with Gasteiger partial charge in [0.15, 0.2) is 0 Å². The topological polar surface area (TPSA) is 66.5 Å². The highest BCUT2D eigenvalue weighted by Crippen LogP contribution is 2.27. The molecule has 1 heterocycles. The first-order valence-electron chi connectivity index (χ1n) is 5.81. The molecule has 1 aliphatic heterocycles.